The van der Waals surface area contributed by atoms with E-state index in [1.165, 1.54) is 0 Å². The molecule has 0 heterocycles. The quantitative estimate of drug-likeness (QED) is 0.595. The van der Waals surface area contributed by atoms with E-state index in [0.717, 1.165) is 5.56 Å². The van der Waals surface area contributed by atoms with Crippen LogP contribution in [0.2, 0.25) is 0 Å². The number of alkyl halides is 1. The summed E-state index contributed by atoms with van der Waals surface area (Å²) < 4.78 is 0. The molecular formula is C10H12ClNO. The van der Waals surface area contributed by atoms with Crippen LogP contribution in [0, 0.1) is 0 Å². The van der Waals surface area contributed by atoms with Gasteiger partial charge in [-0.1, -0.05) is 24.3 Å². The molecule has 0 aliphatic rings. The number of Topliss-reactive ketones (excluding diaryl/α,β-unsaturated/α-hetero) is 1. The molecule has 0 amide bonds. The second kappa shape index (κ2) is 4.40. The number of hydrogen-bond donors (Lipinski definition) is 1. The zero-order valence-corrected chi connectivity index (χ0v) is 8.21. The van der Waals surface area contributed by atoms with E-state index in [4.69, 9.17) is 17.3 Å². The average Bonchev–Trinajstić information content (AvgIpc) is 2.17. The van der Waals surface area contributed by atoms with Crippen LogP contribution < -0.4 is 5.73 Å². The summed E-state index contributed by atoms with van der Waals surface area (Å²) in [6.07, 6.45) is 0. The van der Waals surface area contributed by atoms with Crippen LogP contribution in [-0.4, -0.2) is 11.8 Å². The van der Waals surface area contributed by atoms with Crippen molar-refractivity contribution in [2.24, 2.45) is 5.73 Å². The predicted molar refractivity (Wildman–Crippen MR) is 54.0 cm³/mol. The van der Waals surface area contributed by atoms with Gasteiger partial charge in [-0.3, -0.25) is 4.79 Å². The van der Waals surface area contributed by atoms with Crippen LogP contribution in [-0.2, 0) is 5.88 Å². The molecule has 13 heavy (non-hydrogen) atoms. The summed E-state index contributed by atoms with van der Waals surface area (Å²) in [5.74, 6) is 0.424. The summed E-state index contributed by atoms with van der Waals surface area (Å²) in [5.41, 5.74) is 7.11. The van der Waals surface area contributed by atoms with Crippen molar-refractivity contribution in [2.45, 2.75) is 18.8 Å². The van der Waals surface area contributed by atoms with E-state index < -0.39 is 6.04 Å². The highest BCUT2D eigenvalue weighted by Gasteiger charge is 2.09. The number of rotatable bonds is 3. The lowest BCUT2D eigenvalue weighted by Crippen LogP contribution is -2.26. The molecule has 2 nitrogen and oxygen atoms in total. The van der Waals surface area contributed by atoms with E-state index in [2.05, 4.69) is 0 Å². The van der Waals surface area contributed by atoms with Crippen molar-refractivity contribution in [2.75, 3.05) is 0 Å². The highest BCUT2D eigenvalue weighted by atomic mass is 35.5. The van der Waals surface area contributed by atoms with Gasteiger partial charge in [-0.25, -0.2) is 0 Å². The van der Waals surface area contributed by atoms with E-state index >= 15 is 0 Å². The summed E-state index contributed by atoms with van der Waals surface area (Å²) in [5, 5.41) is 0. The Morgan fingerprint density at radius 3 is 2.38 bits per heavy atom. The molecule has 0 saturated carbocycles. The smallest absolute Gasteiger partial charge is 0.179 e. The minimum Gasteiger partial charge on any atom is -0.321 e. The zero-order chi connectivity index (χ0) is 9.84. The molecule has 1 aromatic rings. The molecule has 0 fully saturated rings. The van der Waals surface area contributed by atoms with Gasteiger partial charge in [-0.15, -0.1) is 11.6 Å². The van der Waals surface area contributed by atoms with E-state index in [9.17, 15) is 4.79 Å². The van der Waals surface area contributed by atoms with Crippen molar-refractivity contribution >= 4 is 17.4 Å². The van der Waals surface area contributed by atoms with E-state index in [0.29, 0.717) is 11.4 Å². The minimum atomic E-state index is -0.443. The van der Waals surface area contributed by atoms with E-state index in [-0.39, 0.29) is 5.78 Å². The molecule has 0 radical (unpaired) electrons. The number of carbonyl (C=O) groups is 1. The van der Waals surface area contributed by atoms with Crippen molar-refractivity contribution in [3.8, 4) is 0 Å². The number of nitrogens with two attached hydrogens (primary N) is 1. The van der Waals surface area contributed by atoms with Crippen molar-refractivity contribution in [3.63, 3.8) is 0 Å². The van der Waals surface area contributed by atoms with Crippen LogP contribution in [0.5, 0.6) is 0 Å². The molecule has 70 valence electrons. The van der Waals surface area contributed by atoms with E-state index in [1.54, 1.807) is 19.1 Å². The van der Waals surface area contributed by atoms with Gasteiger partial charge in [0.25, 0.3) is 0 Å². The van der Waals surface area contributed by atoms with Gasteiger partial charge in [-0.2, -0.15) is 0 Å². The molecule has 0 saturated heterocycles. The molecule has 0 aliphatic carbocycles. The summed E-state index contributed by atoms with van der Waals surface area (Å²) in [6, 6.07) is 6.74. The molecule has 0 spiro atoms. The normalized spacial score (nSPS) is 12.5. The standard InChI is InChI=1S/C10H12ClNO/c1-7(12)10(13)9-4-2-8(6-11)3-5-9/h2-5,7H,6,12H2,1H3/t7-/m0/s1. The lowest BCUT2D eigenvalue weighted by molar-refractivity contribution is 0.0968. The Hall–Kier alpha value is -0.860. The number of ketones is 1. The van der Waals surface area contributed by atoms with Crippen molar-refractivity contribution in [3.05, 3.63) is 35.4 Å². The topological polar surface area (TPSA) is 43.1 Å². The summed E-state index contributed by atoms with van der Waals surface area (Å²) in [7, 11) is 0. The zero-order valence-electron chi connectivity index (χ0n) is 7.46. The third-order valence-electron chi connectivity index (χ3n) is 1.81. The first-order valence-electron chi connectivity index (χ1n) is 4.10. The minimum absolute atomic E-state index is 0.0406. The molecular weight excluding hydrogens is 186 g/mol. The van der Waals surface area contributed by atoms with Crippen LogP contribution in [0.3, 0.4) is 0 Å². The van der Waals surface area contributed by atoms with Gasteiger partial charge >= 0.3 is 0 Å². The summed E-state index contributed by atoms with van der Waals surface area (Å²) in [6.45, 7) is 1.68. The molecule has 0 bridgehead atoms. The van der Waals surface area contributed by atoms with Gasteiger partial charge in [-0.05, 0) is 12.5 Å². The van der Waals surface area contributed by atoms with Gasteiger partial charge in [0.1, 0.15) is 0 Å². The van der Waals surface area contributed by atoms with Crippen LogP contribution in [0.25, 0.3) is 0 Å². The molecule has 1 rings (SSSR count). The Morgan fingerprint density at radius 2 is 2.00 bits per heavy atom. The van der Waals surface area contributed by atoms with Gasteiger partial charge in [0.2, 0.25) is 0 Å². The van der Waals surface area contributed by atoms with Crippen LogP contribution in [0.1, 0.15) is 22.8 Å². The predicted octanol–water partition coefficient (Wildman–Crippen LogP) is 1.96. The molecule has 0 aliphatic heterocycles. The second-order valence-corrected chi connectivity index (χ2v) is 3.25. The number of carbonyl (C=O) groups excluding carboxylic acids is 1. The number of halogens is 1. The number of hydrogen-bond acceptors (Lipinski definition) is 2. The fourth-order valence-electron chi connectivity index (χ4n) is 1.02. The average molecular weight is 198 g/mol. The molecule has 1 atom stereocenters. The van der Waals surface area contributed by atoms with Crippen molar-refractivity contribution < 1.29 is 4.79 Å². The van der Waals surface area contributed by atoms with Crippen molar-refractivity contribution in [1.29, 1.82) is 0 Å². The Morgan fingerprint density at radius 1 is 1.46 bits per heavy atom. The second-order valence-electron chi connectivity index (χ2n) is 2.98. The third-order valence-corrected chi connectivity index (χ3v) is 2.11. The summed E-state index contributed by atoms with van der Waals surface area (Å²) >= 11 is 5.61. The Kier molecular flexibility index (Phi) is 3.46. The Labute approximate surface area is 82.7 Å². The maximum Gasteiger partial charge on any atom is 0.179 e. The molecule has 2 N–H and O–H groups in total. The number of benzene rings is 1. The molecule has 3 heteroatoms. The first-order valence-corrected chi connectivity index (χ1v) is 4.63. The fraction of sp³-hybridized carbons (Fsp3) is 0.300. The lowest BCUT2D eigenvalue weighted by Gasteiger charge is -2.04. The van der Waals surface area contributed by atoms with Crippen LogP contribution >= 0.6 is 11.6 Å². The monoisotopic (exact) mass is 197 g/mol. The molecule has 0 aromatic heterocycles. The third kappa shape index (κ3) is 2.54. The fourth-order valence-corrected chi connectivity index (χ4v) is 1.20. The highest BCUT2D eigenvalue weighted by Crippen LogP contribution is 2.08. The lowest BCUT2D eigenvalue weighted by atomic mass is 10.0. The van der Waals surface area contributed by atoms with Crippen LogP contribution in [0.4, 0.5) is 0 Å². The van der Waals surface area contributed by atoms with Crippen molar-refractivity contribution in [1.82, 2.24) is 0 Å². The Balaban J connectivity index is 2.86. The van der Waals surface area contributed by atoms with Gasteiger partial charge in [0.05, 0.1) is 6.04 Å². The highest BCUT2D eigenvalue weighted by molar-refractivity contribution is 6.17. The van der Waals surface area contributed by atoms with Gasteiger partial charge in [0.15, 0.2) is 5.78 Å². The maximum absolute atomic E-state index is 11.4. The SMILES string of the molecule is C[C@H](N)C(=O)c1ccc(CCl)cc1. The largest absolute Gasteiger partial charge is 0.321 e. The molecule has 0 unspecified atom stereocenters. The first kappa shape index (κ1) is 10.2. The summed E-state index contributed by atoms with van der Waals surface area (Å²) in [4.78, 5) is 11.4. The maximum atomic E-state index is 11.4. The van der Waals surface area contributed by atoms with Gasteiger partial charge < -0.3 is 5.73 Å². The molecule has 1 aromatic carbocycles. The van der Waals surface area contributed by atoms with E-state index in [1.807, 2.05) is 12.1 Å². The van der Waals surface area contributed by atoms with Gasteiger partial charge in [0, 0.05) is 11.4 Å². The Bertz CT molecular complexity index is 292. The van der Waals surface area contributed by atoms with Crippen LogP contribution in [0.15, 0.2) is 24.3 Å². The first-order chi connectivity index (χ1) is 6.15.